The summed E-state index contributed by atoms with van der Waals surface area (Å²) in [4.78, 5) is 0. The molecule has 0 fully saturated rings. The SMILES string of the molecule is C=C/C=C\C=C(/C)NC1CC=CC(CC)=C1/C=C\C. The number of allylic oxidation sites excluding steroid dienone is 8. The van der Waals surface area contributed by atoms with E-state index in [1.54, 1.807) is 6.08 Å². The van der Waals surface area contributed by atoms with Crippen LogP contribution in [0.4, 0.5) is 0 Å². The predicted molar refractivity (Wildman–Crippen MR) is 85.9 cm³/mol. The summed E-state index contributed by atoms with van der Waals surface area (Å²) in [5.41, 5.74) is 4.01. The van der Waals surface area contributed by atoms with Crippen LogP contribution in [0.15, 0.2) is 72.0 Å². The van der Waals surface area contributed by atoms with E-state index in [2.05, 4.69) is 63.0 Å². The summed E-state index contributed by atoms with van der Waals surface area (Å²) in [5.74, 6) is 0. The summed E-state index contributed by atoms with van der Waals surface area (Å²) in [6.07, 6.45) is 18.8. The Hall–Kier alpha value is -1.76. The summed E-state index contributed by atoms with van der Waals surface area (Å²) in [6.45, 7) is 10.1. The van der Waals surface area contributed by atoms with Gasteiger partial charge >= 0.3 is 0 Å². The second-order valence-corrected chi connectivity index (χ2v) is 4.64. The molecule has 0 aromatic rings. The molecule has 1 aliphatic carbocycles. The number of nitrogens with one attached hydrogen (secondary N) is 1. The molecule has 1 rings (SSSR count). The summed E-state index contributed by atoms with van der Waals surface area (Å²) in [6, 6.07) is 0.379. The van der Waals surface area contributed by atoms with Crippen molar-refractivity contribution < 1.29 is 0 Å². The fraction of sp³-hybridized carbons (Fsp3) is 0.333. The summed E-state index contributed by atoms with van der Waals surface area (Å²) in [7, 11) is 0. The van der Waals surface area contributed by atoms with Crippen molar-refractivity contribution in [2.45, 2.75) is 39.7 Å². The van der Waals surface area contributed by atoms with Gasteiger partial charge in [-0.1, -0.05) is 56.0 Å². The molecule has 1 atom stereocenters. The van der Waals surface area contributed by atoms with Gasteiger partial charge in [0.1, 0.15) is 0 Å². The third-order valence-electron chi connectivity index (χ3n) is 3.16. The maximum Gasteiger partial charge on any atom is 0.0547 e. The lowest BCUT2D eigenvalue weighted by Crippen LogP contribution is -2.30. The molecule has 0 heterocycles. The van der Waals surface area contributed by atoms with Crippen LogP contribution in [0, 0.1) is 0 Å². The van der Waals surface area contributed by atoms with Crippen molar-refractivity contribution in [3.8, 4) is 0 Å². The topological polar surface area (TPSA) is 12.0 Å². The summed E-state index contributed by atoms with van der Waals surface area (Å²) in [5, 5.41) is 3.59. The van der Waals surface area contributed by atoms with Crippen molar-refractivity contribution >= 4 is 0 Å². The Morgan fingerprint density at radius 2 is 2.26 bits per heavy atom. The maximum atomic E-state index is 3.67. The minimum Gasteiger partial charge on any atom is -0.381 e. The third kappa shape index (κ3) is 4.78. The van der Waals surface area contributed by atoms with Gasteiger partial charge in [0.05, 0.1) is 6.04 Å². The molecule has 0 amide bonds. The molecule has 0 aliphatic heterocycles. The quantitative estimate of drug-likeness (QED) is 0.670. The number of rotatable bonds is 6. The average Bonchev–Trinajstić information content (AvgIpc) is 2.41. The van der Waals surface area contributed by atoms with Gasteiger partial charge in [0, 0.05) is 5.70 Å². The second-order valence-electron chi connectivity index (χ2n) is 4.64. The van der Waals surface area contributed by atoms with Gasteiger partial charge < -0.3 is 5.32 Å². The first-order valence-corrected chi connectivity index (χ1v) is 6.97. The van der Waals surface area contributed by atoms with Crippen molar-refractivity contribution in [3.05, 3.63) is 72.0 Å². The predicted octanol–water partition coefficient (Wildman–Crippen LogP) is 4.83. The van der Waals surface area contributed by atoms with Gasteiger partial charge in [0.25, 0.3) is 0 Å². The van der Waals surface area contributed by atoms with Crippen LogP contribution in [0.5, 0.6) is 0 Å². The van der Waals surface area contributed by atoms with E-state index in [-0.39, 0.29) is 0 Å². The number of hydrogen-bond donors (Lipinski definition) is 1. The third-order valence-corrected chi connectivity index (χ3v) is 3.16. The molecule has 1 aliphatic rings. The average molecular weight is 255 g/mol. The van der Waals surface area contributed by atoms with E-state index in [0.29, 0.717) is 6.04 Å². The fourth-order valence-electron chi connectivity index (χ4n) is 2.26. The molecule has 102 valence electrons. The zero-order chi connectivity index (χ0) is 14.1. The van der Waals surface area contributed by atoms with Gasteiger partial charge in [-0.15, -0.1) is 0 Å². The van der Waals surface area contributed by atoms with Gasteiger partial charge in [-0.3, -0.25) is 0 Å². The molecule has 0 spiro atoms. The Kier molecular flexibility index (Phi) is 6.73. The largest absolute Gasteiger partial charge is 0.381 e. The fourth-order valence-corrected chi connectivity index (χ4v) is 2.26. The highest BCUT2D eigenvalue weighted by Crippen LogP contribution is 2.23. The Morgan fingerprint density at radius 1 is 1.47 bits per heavy atom. The smallest absolute Gasteiger partial charge is 0.0547 e. The van der Waals surface area contributed by atoms with Crippen LogP contribution >= 0.6 is 0 Å². The van der Waals surface area contributed by atoms with E-state index >= 15 is 0 Å². The Bertz CT molecular complexity index is 444. The Balaban J connectivity index is 2.85. The lowest BCUT2D eigenvalue weighted by molar-refractivity contribution is 0.643. The van der Waals surface area contributed by atoms with Crippen LogP contribution in [0.25, 0.3) is 0 Å². The van der Waals surface area contributed by atoms with Crippen LogP contribution in [0.2, 0.25) is 0 Å². The molecule has 0 aromatic heterocycles. The zero-order valence-electron chi connectivity index (χ0n) is 12.3. The lowest BCUT2D eigenvalue weighted by atomic mass is 9.91. The minimum absolute atomic E-state index is 0.379. The first kappa shape index (κ1) is 15.3. The molecule has 0 bridgehead atoms. The van der Waals surface area contributed by atoms with E-state index in [1.807, 2.05) is 12.2 Å². The van der Waals surface area contributed by atoms with Gasteiger partial charge in [0.15, 0.2) is 0 Å². The van der Waals surface area contributed by atoms with Crippen molar-refractivity contribution in [1.29, 1.82) is 0 Å². The van der Waals surface area contributed by atoms with E-state index < -0.39 is 0 Å². The molecule has 1 N–H and O–H groups in total. The molecule has 19 heavy (non-hydrogen) atoms. The number of hydrogen-bond acceptors (Lipinski definition) is 1. The van der Waals surface area contributed by atoms with E-state index in [0.717, 1.165) is 12.8 Å². The van der Waals surface area contributed by atoms with Gasteiger partial charge in [-0.2, -0.15) is 0 Å². The van der Waals surface area contributed by atoms with Gasteiger partial charge in [0.2, 0.25) is 0 Å². The summed E-state index contributed by atoms with van der Waals surface area (Å²) >= 11 is 0. The van der Waals surface area contributed by atoms with E-state index in [9.17, 15) is 0 Å². The Morgan fingerprint density at radius 3 is 2.89 bits per heavy atom. The molecule has 0 radical (unpaired) electrons. The molecule has 0 saturated carbocycles. The molecule has 1 heteroatoms. The second kappa shape index (κ2) is 8.36. The van der Waals surface area contributed by atoms with Crippen molar-refractivity contribution in [1.82, 2.24) is 5.32 Å². The van der Waals surface area contributed by atoms with Crippen molar-refractivity contribution in [2.75, 3.05) is 0 Å². The molecule has 1 nitrogen and oxygen atoms in total. The van der Waals surface area contributed by atoms with Crippen LogP contribution in [0.3, 0.4) is 0 Å². The van der Waals surface area contributed by atoms with Crippen molar-refractivity contribution in [3.63, 3.8) is 0 Å². The van der Waals surface area contributed by atoms with Crippen LogP contribution in [-0.2, 0) is 0 Å². The van der Waals surface area contributed by atoms with E-state index in [4.69, 9.17) is 0 Å². The normalized spacial score (nSPS) is 20.6. The van der Waals surface area contributed by atoms with Crippen LogP contribution in [0.1, 0.15) is 33.6 Å². The minimum atomic E-state index is 0.379. The maximum absolute atomic E-state index is 3.67. The highest BCUT2D eigenvalue weighted by molar-refractivity contribution is 5.41. The van der Waals surface area contributed by atoms with Crippen LogP contribution < -0.4 is 5.32 Å². The zero-order valence-corrected chi connectivity index (χ0v) is 12.3. The monoisotopic (exact) mass is 255 g/mol. The lowest BCUT2D eigenvalue weighted by Gasteiger charge is -2.25. The molecular formula is C18H25N. The van der Waals surface area contributed by atoms with Crippen molar-refractivity contribution in [2.24, 2.45) is 0 Å². The van der Waals surface area contributed by atoms with Crippen LogP contribution in [-0.4, -0.2) is 6.04 Å². The molecule has 0 saturated heterocycles. The Labute approximate surface area is 117 Å². The molecule has 0 aromatic carbocycles. The summed E-state index contributed by atoms with van der Waals surface area (Å²) < 4.78 is 0. The van der Waals surface area contributed by atoms with Gasteiger partial charge in [-0.05, 0) is 43.9 Å². The first-order chi connectivity index (χ1) is 9.22. The van der Waals surface area contributed by atoms with E-state index in [1.165, 1.54) is 16.8 Å². The highest BCUT2D eigenvalue weighted by atomic mass is 14.9. The molecule has 1 unspecified atom stereocenters. The highest BCUT2D eigenvalue weighted by Gasteiger charge is 2.16. The standard InChI is InChI=1S/C18H25N/c1-5-8-9-12-15(4)19-18-14-10-13-16(7-3)17(18)11-6-2/h5-6,8-13,18-19H,1,7,14H2,2-4H3/b9-8-,11-6-,15-12+. The van der Waals surface area contributed by atoms with Gasteiger partial charge in [-0.25, -0.2) is 0 Å². The first-order valence-electron chi connectivity index (χ1n) is 6.97. The molecular weight excluding hydrogens is 230 g/mol.